The summed E-state index contributed by atoms with van der Waals surface area (Å²) in [6.07, 6.45) is -0.0112. The third-order valence-electron chi connectivity index (χ3n) is 6.77. The maximum absolute atomic E-state index is 11.1. The summed E-state index contributed by atoms with van der Waals surface area (Å²) in [7, 11) is 1.69. The van der Waals surface area contributed by atoms with E-state index in [4.69, 9.17) is 14.6 Å². The fraction of sp³-hybridized carbons (Fsp3) is 0.265. The summed E-state index contributed by atoms with van der Waals surface area (Å²) in [6, 6.07) is 37.0. The van der Waals surface area contributed by atoms with Crippen molar-refractivity contribution in [2.24, 2.45) is 5.92 Å². The number of rotatable bonds is 14. The lowest BCUT2D eigenvalue weighted by Gasteiger charge is -2.30. The molecule has 5 nitrogen and oxygen atoms in total. The van der Waals surface area contributed by atoms with Gasteiger partial charge in [-0.2, -0.15) is 0 Å². The predicted octanol–water partition coefficient (Wildman–Crippen LogP) is 6.67. The molecule has 4 aromatic rings. The van der Waals surface area contributed by atoms with E-state index in [2.05, 4.69) is 84.6 Å². The van der Waals surface area contributed by atoms with Crippen LogP contribution in [0.2, 0.25) is 0 Å². The highest BCUT2D eigenvalue weighted by Crippen LogP contribution is 2.27. The molecule has 4 aromatic carbocycles. The van der Waals surface area contributed by atoms with Crippen molar-refractivity contribution in [3.05, 3.63) is 131 Å². The average molecular weight is 524 g/mol. The van der Waals surface area contributed by atoms with Gasteiger partial charge in [-0.3, -0.25) is 9.69 Å². The summed E-state index contributed by atoms with van der Waals surface area (Å²) in [5.41, 5.74) is 4.55. The van der Waals surface area contributed by atoms with Crippen LogP contribution in [0.5, 0.6) is 11.5 Å². The number of carboxylic acids is 1. The smallest absolute Gasteiger partial charge is 0.307 e. The number of benzene rings is 4. The second-order valence-electron chi connectivity index (χ2n) is 10.1. The molecule has 1 atom stereocenters. The molecule has 0 aliphatic rings. The van der Waals surface area contributed by atoms with Crippen LogP contribution < -0.4 is 9.47 Å². The van der Waals surface area contributed by atoms with Crippen molar-refractivity contribution in [3.8, 4) is 11.5 Å². The maximum Gasteiger partial charge on any atom is 0.307 e. The summed E-state index contributed by atoms with van der Waals surface area (Å²) in [6.45, 7) is 5.24. The molecule has 4 rings (SSSR count). The van der Waals surface area contributed by atoms with E-state index in [0.717, 1.165) is 30.9 Å². The van der Waals surface area contributed by atoms with Gasteiger partial charge in [-0.1, -0.05) is 91.9 Å². The SMILES string of the molecule is COc1ccc(CN(CC(C)COc2cccc(CC(=O)O)c2)CC(c2ccccc2)c2ccccc2)cc1. The van der Waals surface area contributed by atoms with Gasteiger partial charge in [-0.05, 0) is 46.5 Å². The van der Waals surface area contributed by atoms with E-state index >= 15 is 0 Å². The largest absolute Gasteiger partial charge is 0.497 e. The average Bonchev–Trinajstić information content (AvgIpc) is 2.96. The monoisotopic (exact) mass is 523 g/mol. The van der Waals surface area contributed by atoms with Crippen molar-refractivity contribution >= 4 is 5.97 Å². The molecule has 0 aliphatic heterocycles. The van der Waals surface area contributed by atoms with Gasteiger partial charge in [-0.25, -0.2) is 0 Å². The topological polar surface area (TPSA) is 59.0 Å². The van der Waals surface area contributed by atoms with Crippen LogP contribution in [0.15, 0.2) is 109 Å². The van der Waals surface area contributed by atoms with Gasteiger partial charge in [0, 0.05) is 31.5 Å². The molecule has 1 unspecified atom stereocenters. The fourth-order valence-electron chi connectivity index (χ4n) is 4.88. The van der Waals surface area contributed by atoms with Gasteiger partial charge in [0.15, 0.2) is 0 Å². The Kier molecular flexibility index (Phi) is 10.1. The van der Waals surface area contributed by atoms with Crippen molar-refractivity contribution in [2.45, 2.75) is 25.8 Å². The lowest BCUT2D eigenvalue weighted by Crippen LogP contribution is -2.34. The van der Waals surface area contributed by atoms with Crippen LogP contribution in [0.25, 0.3) is 0 Å². The van der Waals surface area contributed by atoms with Crippen LogP contribution >= 0.6 is 0 Å². The summed E-state index contributed by atoms with van der Waals surface area (Å²) < 4.78 is 11.5. The van der Waals surface area contributed by atoms with E-state index in [-0.39, 0.29) is 18.3 Å². The number of hydrogen-bond acceptors (Lipinski definition) is 4. The summed E-state index contributed by atoms with van der Waals surface area (Å²) in [4.78, 5) is 13.6. The molecule has 0 aromatic heterocycles. The Morgan fingerprint density at radius 2 is 1.41 bits per heavy atom. The minimum Gasteiger partial charge on any atom is -0.497 e. The van der Waals surface area contributed by atoms with Gasteiger partial charge in [0.1, 0.15) is 11.5 Å². The van der Waals surface area contributed by atoms with Crippen molar-refractivity contribution < 1.29 is 19.4 Å². The zero-order chi connectivity index (χ0) is 27.5. The van der Waals surface area contributed by atoms with Gasteiger partial charge >= 0.3 is 5.97 Å². The number of aliphatic carboxylic acids is 1. The number of methoxy groups -OCH3 is 1. The first-order valence-electron chi connectivity index (χ1n) is 13.4. The van der Waals surface area contributed by atoms with E-state index in [1.54, 1.807) is 7.11 Å². The fourth-order valence-corrected chi connectivity index (χ4v) is 4.88. The third-order valence-corrected chi connectivity index (χ3v) is 6.77. The van der Waals surface area contributed by atoms with Gasteiger partial charge in [0.25, 0.3) is 0 Å². The number of hydrogen-bond donors (Lipinski definition) is 1. The van der Waals surface area contributed by atoms with E-state index in [9.17, 15) is 4.79 Å². The standard InChI is InChI=1S/C34H37NO4/c1-26(25-39-32-15-9-10-28(20-32)21-34(36)37)22-35(23-27-16-18-31(38-2)19-17-27)24-33(29-11-5-3-6-12-29)30-13-7-4-8-14-30/h3-20,26,33H,21-25H2,1-2H3,(H,36,37). The van der Waals surface area contributed by atoms with E-state index in [1.165, 1.54) is 16.7 Å². The second kappa shape index (κ2) is 14.2. The van der Waals surface area contributed by atoms with E-state index in [0.29, 0.717) is 12.4 Å². The van der Waals surface area contributed by atoms with Crippen molar-refractivity contribution in [2.75, 3.05) is 26.8 Å². The lowest BCUT2D eigenvalue weighted by molar-refractivity contribution is -0.136. The molecule has 0 radical (unpaired) electrons. The first kappa shape index (κ1) is 27.9. The summed E-state index contributed by atoms with van der Waals surface area (Å²) in [5.74, 6) is 1.18. The molecular formula is C34H37NO4. The molecule has 1 N–H and O–H groups in total. The highest BCUT2D eigenvalue weighted by Gasteiger charge is 2.20. The zero-order valence-electron chi connectivity index (χ0n) is 22.7. The summed E-state index contributed by atoms with van der Waals surface area (Å²) in [5, 5.41) is 9.11. The lowest BCUT2D eigenvalue weighted by atomic mass is 9.90. The second-order valence-corrected chi connectivity index (χ2v) is 10.1. The summed E-state index contributed by atoms with van der Waals surface area (Å²) >= 11 is 0. The van der Waals surface area contributed by atoms with Gasteiger partial charge in [0.2, 0.25) is 0 Å². The minimum atomic E-state index is -0.846. The first-order chi connectivity index (χ1) is 19.0. The highest BCUT2D eigenvalue weighted by atomic mass is 16.5. The maximum atomic E-state index is 11.1. The Bertz CT molecular complexity index is 1250. The molecule has 5 heteroatoms. The van der Waals surface area contributed by atoms with E-state index in [1.807, 2.05) is 36.4 Å². The number of ether oxygens (including phenoxy) is 2. The zero-order valence-corrected chi connectivity index (χ0v) is 22.7. The van der Waals surface area contributed by atoms with Crippen molar-refractivity contribution in [1.82, 2.24) is 4.90 Å². The number of carboxylic acid groups (broad SMARTS) is 1. The Labute approximate surface area is 231 Å². The van der Waals surface area contributed by atoms with Crippen LogP contribution in [0.3, 0.4) is 0 Å². The molecule has 0 bridgehead atoms. The molecule has 202 valence electrons. The molecule has 0 heterocycles. The number of carbonyl (C=O) groups is 1. The van der Waals surface area contributed by atoms with Crippen LogP contribution in [-0.2, 0) is 17.8 Å². The third kappa shape index (κ3) is 8.72. The molecule has 0 aliphatic carbocycles. The van der Waals surface area contributed by atoms with Crippen LogP contribution in [0.1, 0.15) is 35.1 Å². The highest BCUT2D eigenvalue weighted by molar-refractivity contribution is 5.70. The molecule has 0 amide bonds. The van der Waals surface area contributed by atoms with Gasteiger partial charge < -0.3 is 14.6 Å². The van der Waals surface area contributed by atoms with Crippen molar-refractivity contribution in [1.29, 1.82) is 0 Å². The molecule has 0 spiro atoms. The van der Waals surface area contributed by atoms with E-state index < -0.39 is 5.97 Å². The molecule has 39 heavy (non-hydrogen) atoms. The van der Waals surface area contributed by atoms with Gasteiger partial charge in [-0.15, -0.1) is 0 Å². The molecule has 0 saturated carbocycles. The van der Waals surface area contributed by atoms with Crippen LogP contribution in [0, 0.1) is 5.92 Å². The normalized spacial score (nSPS) is 11.9. The predicted molar refractivity (Wildman–Crippen MR) is 155 cm³/mol. The Balaban J connectivity index is 1.51. The molecule has 0 fully saturated rings. The Morgan fingerprint density at radius 1 is 0.769 bits per heavy atom. The first-order valence-corrected chi connectivity index (χ1v) is 13.4. The Morgan fingerprint density at radius 3 is 2.00 bits per heavy atom. The van der Waals surface area contributed by atoms with Crippen molar-refractivity contribution in [3.63, 3.8) is 0 Å². The van der Waals surface area contributed by atoms with Crippen LogP contribution in [-0.4, -0.2) is 42.8 Å². The number of nitrogens with zero attached hydrogens (tertiary/aromatic N) is 1. The van der Waals surface area contributed by atoms with Gasteiger partial charge in [0.05, 0.1) is 20.1 Å². The minimum absolute atomic E-state index is 0.0112. The molecule has 0 saturated heterocycles. The Hall–Kier alpha value is -4.09. The quantitative estimate of drug-likeness (QED) is 0.200. The molecular weight excluding hydrogens is 486 g/mol. The van der Waals surface area contributed by atoms with Crippen LogP contribution in [0.4, 0.5) is 0 Å².